The summed E-state index contributed by atoms with van der Waals surface area (Å²) >= 11 is 0. The molecule has 1 fully saturated rings. The summed E-state index contributed by atoms with van der Waals surface area (Å²) in [7, 11) is 0. The van der Waals surface area contributed by atoms with Gasteiger partial charge in [-0.3, -0.25) is 0 Å². The lowest BCUT2D eigenvalue weighted by atomic mass is 9.87. The summed E-state index contributed by atoms with van der Waals surface area (Å²) < 4.78 is 5.57. The van der Waals surface area contributed by atoms with Crippen molar-refractivity contribution < 1.29 is 4.42 Å². The predicted octanol–water partition coefficient (Wildman–Crippen LogP) is 3.93. The zero-order chi connectivity index (χ0) is 15.8. The van der Waals surface area contributed by atoms with E-state index in [9.17, 15) is 0 Å². The van der Waals surface area contributed by atoms with E-state index >= 15 is 0 Å². The third-order valence-corrected chi connectivity index (χ3v) is 4.36. The van der Waals surface area contributed by atoms with E-state index in [1.807, 2.05) is 13.8 Å². The molecule has 23 heavy (non-hydrogen) atoms. The Morgan fingerprint density at radius 1 is 1.22 bits per heavy atom. The largest absolute Gasteiger partial charge is 0.444 e. The molecular formula is C17H31IN4O. The Morgan fingerprint density at radius 3 is 2.57 bits per heavy atom. The molecule has 0 saturated heterocycles. The fraction of sp³-hybridized carbons (Fsp3) is 0.765. The van der Waals surface area contributed by atoms with Crippen LogP contribution in [0.2, 0.25) is 0 Å². The van der Waals surface area contributed by atoms with Gasteiger partial charge < -0.3 is 15.1 Å². The van der Waals surface area contributed by atoms with Gasteiger partial charge >= 0.3 is 0 Å². The van der Waals surface area contributed by atoms with Gasteiger partial charge in [-0.2, -0.15) is 0 Å². The van der Waals surface area contributed by atoms with Crippen molar-refractivity contribution in [2.45, 2.75) is 65.8 Å². The summed E-state index contributed by atoms with van der Waals surface area (Å²) in [5.41, 5.74) is 0.945. The second kappa shape index (κ2) is 10.9. The first kappa shape index (κ1) is 20.3. The van der Waals surface area contributed by atoms with E-state index in [1.54, 1.807) is 0 Å². The smallest absolute Gasteiger partial charge is 0.216 e. The number of aryl methyl sites for hydroxylation is 2. The molecule has 0 bridgehead atoms. The maximum absolute atomic E-state index is 5.57. The fourth-order valence-electron chi connectivity index (χ4n) is 2.97. The van der Waals surface area contributed by atoms with Crippen LogP contribution < -0.4 is 10.6 Å². The molecule has 0 radical (unpaired) electrons. The van der Waals surface area contributed by atoms with Gasteiger partial charge in [0, 0.05) is 13.1 Å². The highest BCUT2D eigenvalue weighted by Crippen LogP contribution is 2.25. The van der Waals surface area contributed by atoms with Crippen LogP contribution in [0.3, 0.4) is 0 Å². The number of oxazole rings is 1. The summed E-state index contributed by atoms with van der Waals surface area (Å²) in [5, 5.41) is 6.71. The van der Waals surface area contributed by atoms with Gasteiger partial charge in [-0.05, 0) is 33.1 Å². The molecule has 1 aromatic rings. The summed E-state index contributed by atoms with van der Waals surface area (Å²) in [5.74, 6) is 3.30. The van der Waals surface area contributed by atoms with Crippen LogP contribution in [-0.4, -0.2) is 24.0 Å². The minimum atomic E-state index is 0. The van der Waals surface area contributed by atoms with Crippen LogP contribution in [0.4, 0.5) is 0 Å². The molecule has 1 aliphatic rings. The quantitative estimate of drug-likeness (QED) is 0.405. The van der Waals surface area contributed by atoms with E-state index in [2.05, 4.69) is 27.5 Å². The zero-order valence-electron chi connectivity index (χ0n) is 14.7. The van der Waals surface area contributed by atoms with Crippen molar-refractivity contribution in [2.75, 3.05) is 13.1 Å². The molecule has 0 unspecified atom stereocenters. The van der Waals surface area contributed by atoms with Crippen molar-refractivity contribution in [3.05, 3.63) is 17.3 Å². The van der Waals surface area contributed by atoms with Gasteiger partial charge in [-0.1, -0.05) is 32.1 Å². The Balaban J connectivity index is 0.00000264. The first-order valence-corrected chi connectivity index (χ1v) is 8.64. The van der Waals surface area contributed by atoms with Crippen molar-refractivity contribution in [1.82, 2.24) is 15.6 Å². The Bertz CT molecular complexity index is 461. The molecule has 2 N–H and O–H groups in total. The van der Waals surface area contributed by atoms with Gasteiger partial charge in [0.25, 0.3) is 0 Å². The molecule has 0 spiro atoms. The highest BCUT2D eigenvalue weighted by Gasteiger charge is 2.13. The Kier molecular flexibility index (Phi) is 9.59. The summed E-state index contributed by atoms with van der Waals surface area (Å²) in [6.45, 7) is 8.30. The number of nitrogens with one attached hydrogen (secondary N) is 2. The topological polar surface area (TPSA) is 62.5 Å². The number of nitrogens with zero attached hydrogens (tertiary/aromatic N) is 2. The lowest BCUT2D eigenvalue weighted by Gasteiger charge is -2.22. The van der Waals surface area contributed by atoms with Gasteiger partial charge in [-0.25, -0.2) is 9.98 Å². The van der Waals surface area contributed by atoms with Gasteiger partial charge in [0.2, 0.25) is 5.89 Å². The maximum atomic E-state index is 5.57. The van der Waals surface area contributed by atoms with E-state index < -0.39 is 0 Å². The second-order valence-electron chi connectivity index (χ2n) is 6.16. The highest BCUT2D eigenvalue weighted by atomic mass is 127. The average molecular weight is 434 g/mol. The van der Waals surface area contributed by atoms with Crippen LogP contribution >= 0.6 is 24.0 Å². The first-order chi connectivity index (χ1) is 10.7. The zero-order valence-corrected chi connectivity index (χ0v) is 17.0. The van der Waals surface area contributed by atoms with Crippen LogP contribution in [0.1, 0.15) is 62.8 Å². The Morgan fingerprint density at radius 2 is 1.96 bits per heavy atom. The van der Waals surface area contributed by atoms with Crippen molar-refractivity contribution >= 4 is 29.9 Å². The first-order valence-electron chi connectivity index (χ1n) is 8.64. The van der Waals surface area contributed by atoms with Crippen LogP contribution in [0, 0.1) is 19.8 Å². The Labute approximate surface area is 157 Å². The summed E-state index contributed by atoms with van der Waals surface area (Å²) in [4.78, 5) is 8.93. The number of hydrogen-bond acceptors (Lipinski definition) is 3. The van der Waals surface area contributed by atoms with Crippen molar-refractivity contribution in [3.8, 4) is 0 Å². The molecular weight excluding hydrogens is 403 g/mol. The number of aliphatic imine (C=N–C) groups is 1. The molecule has 5 nitrogen and oxygen atoms in total. The van der Waals surface area contributed by atoms with E-state index in [0.717, 1.165) is 36.4 Å². The number of hydrogen-bond donors (Lipinski definition) is 2. The van der Waals surface area contributed by atoms with Crippen LogP contribution in [0.5, 0.6) is 0 Å². The molecule has 1 heterocycles. The molecule has 1 aromatic heterocycles. The number of aromatic nitrogens is 1. The third-order valence-electron chi connectivity index (χ3n) is 4.36. The molecule has 0 atom stereocenters. The van der Waals surface area contributed by atoms with E-state index in [0.29, 0.717) is 12.4 Å². The van der Waals surface area contributed by atoms with Crippen molar-refractivity contribution in [3.63, 3.8) is 0 Å². The number of rotatable bonds is 6. The van der Waals surface area contributed by atoms with E-state index in [4.69, 9.17) is 4.42 Å². The van der Waals surface area contributed by atoms with Gasteiger partial charge in [0.1, 0.15) is 12.3 Å². The van der Waals surface area contributed by atoms with Gasteiger partial charge in [0.15, 0.2) is 5.96 Å². The average Bonchev–Trinajstić information content (AvgIpc) is 2.84. The lowest BCUT2D eigenvalue weighted by molar-refractivity contribution is 0.339. The van der Waals surface area contributed by atoms with Crippen molar-refractivity contribution in [1.29, 1.82) is 0 Å². The predicted molar refractivity (Wildman–Crippen MR) is 105 cm³/mol. The molecule has 2 rings (SSSR count). The minimum Gasteiger partial charge on any atom is -0.444 e. The molecule has 1 saturated carbocycles. The Hall–Kier alpha value is -0.790. The molecule has 0 aromatic carbocycles. The van der Waals surface area contributed by atoms with E-state index in [1.165, 1.54) is 38.5 Å². The normalized spacial score (nSPS) is 16.0. The molecule has 132 valence electrons. The second-order valence-corrected chi connectivity index (χ2v) is 6.16. The van der Waals surface area contributed by atoms with Crippen molar-refractivity contribution in [2.24, 2.45) is 10.9 Å². The van der Waals surface area contributed by atoms with E-state index in [-0.39, 0.29) is 24.0 Å². The van der Waals surface area contributed by atoms with Gasteiger partial charge in [0.05, 0.1) is 5.69 Å². The highest BCUT2D eigenvalue weighted by molar-refractivity contribution is 14.0. The lowest BCUT2D eigenvalue weighted by Crippen LogP contribution is -2.38. The maximum Gasteiger partial charge on any atom is 0.216 e. The SMILES string of the molecule is CCNC(=NCc1nc(C)c(C)o1)NCCC1CCCCC1.I. The van der Waals surface area contributed by atoms with Crippen LogP contribution in [-0.2, 0) is 6.54 Å². The van der Waals surface area contributed by atoms with Crippen LogP contribution in [0.15, 0.2) is 9.41 Å². The molecule has 1 aliphatic carbocycles. The minimum absolute atomic E-state index is 0. The molecule has 0 aliphatic heterocycles. The molecule has 6 heteroatoms. The van der Waals surface area contributed by atoms with Gasteiger partial charge in [-0.15, -0.1) is 24.0 Å². The monoisotopic (exact) mass is 434 g/mol. The summed E-state index contributed by atoms with van der Waals surface area (Å²) in [6.07, 6.45) is 8.25. The standard InChI is InChI=1S/C17H30N4O.HI/c1-4-18-17(19-11-10-15-8-6-5-7-9-15)20-12-16-21-13(2)14(3)22-16;/h15H,4-12H2,1-3H3,(H2,18,19,20);1H. The number of halogens is 1. The number of guanidine groups is 1. The fourth-order valence-corrected chi connectivity index (χ4v) is 2.97. The molecule has 0 amide bonds. The summed E-state index contributed by atoms with van der Waals surface area (Å²) in [6, 6.07) is 0. The van der Waals surface area contributed by atoms with Crippen LogP contribution in [0.25, 0.3) is 0 Å². The third kappa shape index (κ3) is 7.10.